The summed E-state index contributed by atoms with van der Waals surface area (Å²) in [5, 5.41) is 5.20. The average molecular weight is 421 g/mol. The van der Waals surface area contributed by atoms with Gasteiger partial charge in [0.1, 0.15) is 6.04 Å². The molecule has 2 amide bonds. The number of rotatable bonds is 8. The van der Waals surface area contributed by atoms with E-state index in [9.17, 15) is 14.4 Å². The number of anilines is 2. The lowest BCUT2D eigenvalue weighted by atomic mass is 9.95. The van der Waals surface area contributed by atoms with Gasteiger partial charge in [-0.15, -0.1) is 0 Å². The van der Waals surface area contributed by atoms with Gasteiger partial charge in [0.15, 0.2) is 0 Å². The highest BCUT2D eigenvalue weighted by molar-refractivity contribution is 5.83. The highest BCUT2D eigenvalue weighted by Crippen LogP contribution is 2.24. The summed E-state index contributed by atoms with van der Waals surface area (Å²) in [6, 6.07) is 6.67. The summed E-state index contributed by atoms with van der Waals surface area (Å²) >= 11 is 0. The molecular formula is C21H32N4O5. The first-order valence-corrected chi connectivity index (χ1v) is 10.2. The Hall–Kier alpha value is -2.97. The maximum atomic E-state index is 12.6. The van der Waals surface area contributed by atoms with Gasteiger partial charge < -0.3 is 30.7 Å². The van der Waals surface area contributed by atoms with Crippen LogP contribution in [-0.4, -0.2) is 57.4 Å². The molecule has 1 aromatic rings. The van der Waals surface area contributed by atoms with Gasteiger partial charge >= 0.3 is 12.1 Å². The van der Waals surface area contributed by atoms with E-state index >= 15 is 0 Å². The van der Waals surface area contributed by atoms with E-state index in [1.165, 1.54) is 7.11 Å². The second kappa shape index (κ2) is 11.3. The maximum Gasteiger partial charge on any atom is 0.407 e. The minimum absolute atomic E-state index is 0.0578. The highest BCUT2D eigenvalue weighted by atomic mass is 16.6. The van der Waals surface area contributed by atoms with Crippen LogP contribution in [0.1, 0.15) is 26.7 Å². The van der Waals surface area contributed by atoms with Gasteiger partial charge in [-0.1, -0.05) is 19.9 Å². The molecule has 1 heterocycles. The highest BCUT2D eigenvalue weighted by Gasteiger charge is 2.28. The third kappa shape index (κ3) is 7.13. The number of carbonyl (C=O) groups excluding carboxylic acids is 3. The Morgan fingerprint density at radius 2 is 1.93 bits per heavy atom. The Morgan fingerprint density at radius 3 is 2.53 bits per heavy atom. The topological polar surface area (TPSA) is 123 Å². The maximum absolute atomic E-state index is 12.6. The third-order valence-corrected chi connectivity index (χ3v) is 4.91. The summed E-state index contributed by atoms with van der Waals surface area (Å²) in [4.78, 5) is 38.6. The first-order chi connectivity index (χ1) is 14.3. The standard InChI is InChI=1S/C21H32N4O5/c1-14(2)13-30-21(28)24-18(20(27)29-3)12-23-19(26)15-7-9-25(10-8-15)17-6-4-5-16(22)11-17/h4-6,11,14-15,18H,7-10,12-13,22H2,1-3H3,(H,23,26)(H,24,28)/t18-/m0/s1. The van der Waals surface area contributed by atoms with Crippen molar-refractivity contribution in [3.8, 4) is 0 Å². The van der Waals surface area contributed by atoms with E-state index in [1.807, 2.05) is 38.1 Å². The molecule has 30 heavy (non-hydrogen) atoms. The van der Waals surface area contributed by atoms with Crippen molar-refractivity contribution < 1.29 is 23.9 Å². The molecule has 1 aliphatic rings. The largest absolute Gasteiger partial charge is 0.467 e. The normalized spacial score (nSPS) is 15.4. The summed E-state index contributed by atoms with van der Waals surface area (Å²) in [5.41, 5.74) is 7.60. The van der Waals surface area contributed by atoms with Crippen LogP contribution in [-0.2, 0) is 19.1 Å². The Labute approximate surface area is 177 Å². The Balaban J connectivity index is 1.82. The van der Waals surface area contributed by atoms with Crippen molar-refractivity contribution >= 4 is 29.3 Å². The van der Waals surface area contributed by atoms with E-state index in [0.717, 1.165) is 18.8 Å². The molecule has 1 atom stereocenters. The van der Waals surface area contributed by atoms with Gasteiger partial charge in [-0.25, -0.2) is 9.59 Å². The third-order valence-electron chi connectivity index (χ3n) is 4.91. The fourth-order valence-electron chi connectivity index (χ4n) is 3.23. The van der Waals surface area contributed by atoms with E-state index in [1.54, 1.807) is 0 Å². The first kappa shape index (κ1) is 23.3. The van der Waals surface area contributed by atoms with Crippen LogP contribution in [0.4, 0.5) is 16.2 Å². The summed E-state index contributed by atoms with van der Waals surface area (Å²) in [7, 11) is 1.23. The minimum Gasteiger partial charge on any atom is -0.467 e. The van der Waals surface area contributed by atoms with E-state index < -0.39 is 18.1 Å². The van der Waals surface area contributed by atoms with Crippen LogP contribution in [0.25, 0.3) is 0 Å². The number of methoxy groups -OCH3 is 1. The molecule has 0 saturated carbocycles. The molecule has 9 heteroatoms. The van der Waals surface area contributed by atoms with Crippen molar-refractivity contribution in [1.82, 2.24) is 10.6 Å². The van der Waals surface area contributed by atoms with Gasteiger partial charge in [0, 0.05) is 36.9 Å². The number of nitrogens with one attached hydrogen (secondary N) is 2. The number of nitrogens with zero attached hydrogens (tertiary/aromatic N) is 1. The lowest BCUT2D eigenvalue weighted by molar-refractivity contribution is -0.143. The number of alkyl carbamates (subject to hydrolysis) is 1. The summed E-state index contributed by atoms with van der Waals surface area (Å²) in [6.07, 6.45) is 0.657. The predicted molar refractivity (Wildman–Crippen MR) is 114 cm³/mol. The zero-order valence-corrected chi connectivity index (χ0v) is 17.8. The molecule has 9 nitrogen and oxygen atoms in total. The molecule has 0 bridgehead atoms. The number of nitrogen functional groups attached to an aromatic ring is 1. The molecule has 1 fully saturated rings. The average Bonchev–Trinajstić information content (AvgIpc) is 2.74. The number of hydrogen-bond donors (Lipinski definition) is 3. The van der Waals surface area contributed by atoms with E-state index in [2.05, 4.69) is 15.5 Å². The SMILES string of the molecule is COC(=O)[C@H](CNC(=O)C1CCN(c2cccc(N)c2)CC1)NC(=O)OCC(C)C. The minimum atomic E-state index is -1.01. The van der Waals surface area contributed by atoms with Gasteiger partial charge in [-0.2, -0.15) is 0 Å². The number of esters is 1. The molecule has 0 aliphatic carbocycles. The van der Waals surface area contributed by atoms with Gasteiger partial charge in [0.25, 0.3) is 0 Å². The van der Waals surface area contributed by atoms with Crippen molar-refractivity contribution in [2.45, 2.75) is 32.7 Å². The quantitative estimate of drug-likeness (QED) is 0.430. The van der Waals surface area contributed by atoms with Crippen LogP contribution in [0.2, 0.25) is 0 Å². The van der Waals surface area contributed by atoms with Crippen molar-refractivity contribution in [2.24, 2.45) is 11.8 Å². The number of piperidine rings is 1. The summed E-state index contributed by atoms with van der Waals surface area (Å²) in [6.45, 7) is 5.46. The second-order valence-corrected chi connectivity index (χ2v) is 7.81. The van der Waals surface area contributed by atoms with Crippen LogP contribution >= 0.6 is 0 Å². The number of nitrogens with two attached hydrogens (primary N) is 1. The number of carbonyl (C=O) groups is 3. The zero-order chi connectivity index (χ0) is 22.1. The van der Waals surface area contributed by atoms with Gasteiger partial charge in [0.05, 0.1) is 13.7 Å². The van der Waals surface area contributed by atoms with E-state index in [4.69, 9.17) is 15.2 Å². The van der Waals surface area contributed by atoms with Gasteiger partial charge in [-0.05, 0) is 37.0 Å². The van der Waals surface area contributed by atoms with Crippen molar-refractivity contribution in [3.63, 3.8) is 0 Å². The second-order valence-electron chi connectivity index (χ2n) is 7.81. The molecule has 1 aliphatic heterocycles. The summed E-state index contributed by atoms with van der Waals surface area (Å²) in [5.74, 6) is -0.777. The van der Waals surface area contributed by atoms with Crippen LogP contribution in [0.5, 0.6) is 0 Å². The molecule has 0 unspecified atom stereocenters. The summed E-state index contributed by atoms with van der Waals surface area (Å²) < 4.78 is 9.74. The fourth-order valence-corrected chi connectivity index (χ4v) is 3.23. The van der Waals surface area contributed by atoms with Crippen LogP contribution in [0.15, 0.2) is 24.3 Å². The Kier molecular flexibility index (Phi) is 8.76. The Morgan fingerprint density at radius 1 is 1.23 bits per heavy atom. The molecule has 4 N–H and O–H groups in total. The molecule has 0 radical (unpaired) electrons. The number of hydrogen-bond acceptors (Lipinski definition) is 7. The smallest absolute Gasteiger partial charge is 0.407 e. The van der Waals surface area contributed by atoms with Gasteiger partial charge in [-0.3, -0.25) is 4.79 Å². The van der Waals surface area contributed by atoms with Crippen LogP contribution in [0.3, 0.4) is 0 Å². The van der Waals surface area contributed by atoms with Crippen molar-refractivity contribution in [2.75, 3.05) is 44.0 Å². The first-order valence-electron chi connectivity index (χ1n) is 10.2. The fraction of sp³-hybridized carbons (Fsp3) is 0.571. The van der Waals surface area contributed by atoms with Crippen molar-refractivity contribution in [3.05, 3.63) is 24.3 Å². The monoisotopic (exact) mass is 420 g/mol. The Bertz CT molecular complexity index is 732. The molecular weight excluding hydrogens is 388 g/mol. The zero-order valence-electron chi connectivity index (χ0n) is 17.8. The lowest BCUT2D eigenvalue weighted by Gasteiger charge is -2.33. The van der Waals surface area contributed by atoms with Crippen LogP contribution in [0, 0.1) is 11.8 Å². The molecule has 1 aromatic carbocycles. The molecule has 0 spiro atoms. The van der Waals surface area contributed by atoms with Gasteiger partial charge in [0.2, 0.25) is 5.91 Å². The molecule has 0 aromatic heterocycles. The van der Waals surface area contributed by atoms with E-state index in [-0.39, 0.29) is 30.9 Å². The predicted octanol–water partition coefficient (Wildman–Crippen LogP) is 1.53. The molecule has 166 valence electrons. The van der Waals surface area contributed by atoms with Crippen molar-refractivity contribution in [1.29, 1.82) is 0 Å². The number of ether oxygens (including phenoxy) is 2. The van der Waals surface area contributed by atoms with E-state index in [0.29, 0.717) is 18.5 Å². The number of amides is 2. The lowest BCUT2D eigenvalue weighted by Crippen LogP contribution is -2.50. The number of benzene rings is 1. The van der Waals surface area contributed by atoms with Crippen LogP contribution < -0.4 is 21.3 Å². The molecule has 2 rings (SSSR count). The molecule has 1 saturated heterocycles.